The quantitative estimate of drug-likeness (QED) is 0.413. The van der Waals surface area contributed by atoms with Gasteiger partial charge in [0, 0.05) is 13.1 Å². The minimum Gasteiger partial charge on any atom is -0.329 e. The lowest BCUT2D eigenvalue weighted by molar-refractivity contribution is 0.950. The lowest BCUT2D eigenvalue weighted by Crippen LogP contribution is -2.03. The first-order valence-corrected chi connectivity index (χ1v) is 1.22. The zero-order valence-electron chi connectivity index (χ0n) is 2.44. The monoisotopic (exact) mass is 58.1 g/mol. The van der Waals surface area contributed by atoms with Gasteiger partial charge in [-0.15, -0.1) is 5.73 Å². The number of hydrogen-bond acceptors (Lipinski definition) is 1. The van der Waals surface area contributed by atoms with Gasteiger partial charge in [0.2, 0.25) is 0 Å². The lowest BCUT2D eigenvalue weighted by Gasteiger charge is -1.67. The van der Waals surface area contributed by atoms with Crippen LogP contribution in [0.3, 0.4) is 0 Å². The minimum absolute atomic E-state index is 0.0972. The van der Waals surface area contributed by atoms with Crippen molar-refractivity contribution >= 4 is 0 Å². The average Bonchev–Trinajstić information content (AvgIpc) is 1.37. The summed E-state index contributed by atoms with van der Waals surface area (Å²) in [7, 11) is 0. The average molecular weight is 58.1 g/mol. The molecule has 0 atom stereocenters. The summed E-state index contributed by atoms with van der Waals surface area (Å²) in [6.07, 6.45) is 0. The SMILES string of the molecule is [N]CCN. The van der Waals surface area contributed by atoms with E-state index in [-0.39, 0.29) is 6.54 Å². The zero-order chi connectivity index (χ0) is 3.41. The molecule has 2 nitrogen and oxygen atoms in total. The van der Waals surface area contributed by atoms with E-state index in [0.29, 0.717) is 6.54 Å². The van der Waals surface area contributed by atoms with Crippen molar-refractivity contribution in [3.8, 4) is 0 Å². The van der Waals surface area contributed by atoms with Gasteiger partial charge in [0.15, 0.2) is 0 Å². The van der Waals surface area contributed by atoms with Gasteiger partial charge in [-0.3, -0.25) is 0 Å². The second kappa shape index (κ2) is 2.92. The molecular formula is C2H6N2. The summed E-state index contributed by atoms with van der Waals surface area (Å²) in [5.74, 6) is 0. The molecule has 24 valence electrons. The molecule has 0 bridgehead atoms. The molecule has 0 spiro atoms. The number of nitrogens with zero attached hydrogens (tertiary/aromatic N) is 1. The maximum atomic E-state index is 7.75. The van der Waals surface area contributed by atoms with Crippen molar-refractivity contribution in [2.75, 3.05) is 13.1 Å². The Kier molecular flexibility index (Phi) is 2.86. The van der Waals surface area contributed by atoms with E-state index >= 15 is 0 Å². The van der Waals surface area contributed by atoms with Crippen LogP contribution >= 0.6 is 0 Å². The van der Waals surface area contributed by atoms with Gasteiger partial charge < -0.3 is 5.73 Å². The molecule has 2 heteroatoms. The Morgan fingerprint density at radius 1 is 1.75 bits per heavy atom. The van der Waals surface area contributed by atoms with Crippen molar-refractivity contribution in [3.05, 3.63) is 0 Å². The van der Waals surface area contributed by atoms with Crippen molar-refractivity contribution in [1.82, 2.24) is 5.73 Å². The molecule has 2 N–H and O–H groups in total. The molecule has 4 heavy (non-hydrogen) atoms. The fraction of sp³-hybridized carbons (Fsp3) is 1.00. The van der Waals surface area contributed by atoms with Crippen LogP contribution in [0.2, 0.25) is 0 Å². The first-order valence-electron chi connectivity index (χ1n) is 1.22. The highest BCUT2D eigenvalue weighted by Gasteiger charge is 1.58. The summed E-state index contributed by atoms with van der Waals surface area (Å²) in [6, 6.07) is 0. The van der Waals surface area contributed by atoms with E-state index < -0.39 is 0 Å². The summed E-state index contributed by atoms with van der Waals surface area (Å²) < 4.78 is 0. The molecule has 0 amide bonds. The van der Waals surface area contributed by atoms with Crippen LogP contribution in [0, 0.1) is 0 Å². The van der Waals surface area contributed by atoms with Crippen molar-refractivity contribution in [1.29, 1.82) is 0 Å². The molecule has 0 rings (SSSR count). The van der Waals surface area contributed by atoms with Gasteiger partial charge in [-0.1, -0.05) is 0 Å². The molecule has 0 aromatic heterocycles. The van der Waals surface area contributed by atoms with Crippen LogP contribution in [0.4, 0.5) is 0 Å². The lowest BCUT2D eigenvalue weighted by atomic mass is 10.7. The van der Waals surface area contributed by atoms with Crippen molar-refractivity contribution in [2.24, 2.45) is 5.73 Å². The smallest absolute Gasteiger partial charge is 0.0444 e. The standard InChI is InChI=1S/C2H6N2/c3-1-2-4/h1-3H2. The number of hydrogen-bond donors (Lipinski definition) is 1. The molecule has 0 fully saturated rings. The Labute approximate surface area is 25.8 Å². The normalized spacial score (nSPS) is 7.50. The van der Waals surface area contributed by atoms with Crippen LogP contribution in [0.25, 0.3) is 0 Å². The summed E-state index contributed by atoms with van der Waals surface area (Å²) >= 11 is 0. The van der Waals surface area contributed by atoms with Crippen LogP contribution in [0.5, 0.6) is 0 Å². The Morgan fingerprint density at radius 2 is 2.00 bits per heavy atom. The number of rotatable bonds is 1. The largest absolute Gasteiger partial charge is 0.329 e. The third-order valence-electron chi connectivity index (χ3n) is 0.129. The fourth-order valence-corrected chi connectivity index (χ4v) is 0. The van der Waals surface area contributed by atoms with Gasteiger partial charge in [0.05, 0.1) is 0 Å². The third kappa shape index (κ3) is 1.92. The summed E-state index contributed by atoms with van der Waals surface area (Å²) in [5.41, 5.74) is 12.5. The first-order chi connectivity index (χ1) is 1.91. The van der Waals surface area contributed by atoms with E-state index in [1.165, 1.54) is 0 Å². The van der Waals surface area contributed by atoms with Crippen molar-refractivity contribution in [3.63, 3.8) is 0 Å². The van der Waals surface area contributed by atoms with E-state index in [9.17, 15) is 0 Å². The van der Waals surface area contributed by atoms with Crippen molar-refractivity contribution in [2.45, 2.75) is 0 Å². The molecule has 0 aliphatic carbocycles. The summed E-state index contributed by atoms with van der Waals surface area (Å²) in [4.78, 5) is 0. The highest BCUT2D eigenvalue weighted by Crippen LogP contribution is 1.30. The summed E-state index contributed by atoms with van der Waals surface area (Å²) in [6.45, 7) is 0.472. The van der Waals surface area contributed by atoms with E-state index in [4.69, 9.17) is 11.5 Å². The Morgan fingerprint density at radius 3 is 2.00 bits per heavy atom. The first kappa shape index (κ1) is 3.92. The highest BCUT2D eigenvalue weighted by atomic mass is 14.6. The van der Waals surface area contributed by atoms with Gasteiger partial charge in [-0.2, -0.15) is 0 Å². The van der Waals surface area contributed by atoms with E-state index in [0.717, 1.165) is 0 Å². The third-order valence-corrected chi connectivity index (χ3v) is 0.129. The van der Waals surface area contributed by atoms with E-state index in [2.05, 4.69) is 0 Å². The molecule has 0 aromatic rings. The van der Waals surface area contributed by atoms with Crippen LogP contribution in [0.1, 0.15) is 0 Å². The molecule has 0 aliphatic heterocycles. The molecule has 0 aliphatic rings. The van der Waals surface area contributed by atoms with E-state index in [1.807, 2.05) is 0 Å². The maximum Gasteiger partial charge on any atom is 0.0444 e. The van der Waals surface area contributed by atoms with Gasteiger partial charge in [-0.25, -0.2) is 0 Å². The van der Waals surface area contributed by atoms with Gasteiger partial charge >= 0.3 is 0 Å². The van der Waals surface area contributed by atoms with Gasteiger partial charge in [-0.05, 0) is 0 Å². The van der Waals surface area contributed by atoms with Crippen LogP contribution < -0.4 is 11.5 Å². The molecule has 2 radical (unpaired) electrons. The predicted molar refractivity (Wildman–Crippen MR) is 16.1 cm³/mol. The molecular weight excluding hydrogens is 52.0 g/mol. The van der Waals surface area contributed by atoms with Crippen LogP contribution in [0.15, 0.2) is 0 Å². The minimum atomic E-state index is 0.0972. The van der Waals surface area contributed by atoms with Crippen molar-refractivity contribution < 1.29 is 0 Å². The van der Waals surface area contributed by atoms with Crippen LogP contribution in [-0.4, -0.2) is 13.1 Å². The topological polar surface area (TPSA) is 48.3 Å². The van der Waals surface area contributed by atoms with Gasteiger partial charge in [0.1, 0.15) is 0 Å². The molecule has 0 unspecified atom stereocenters. The zero-order valence-corrected chi connectivity index (χ0v) is 2.44. The second-order valence-electron chi connectivity index (χ2n) is 0.512. The molecule has 0 saturated heterocycles. The molecule has 0 heterocycles. The predicted octanol–water partition coefficient (Wildman–Crippen LogP) is -0.986. The Balaban J connectivity index is 1.97. The number of nitrogens with two attached hydrogens (primary N) is 1. The van der Waals surface area contributed by atoms with Gasteiger partial charge in [0.25, 0.3) is 0 Å². The second-order valence-corrected chi connectivity index (χ2v) is 0.512. The Hall–Kier alpha value is -0.0800. The highest BCUT2D eigenvalue weighted by molar-refractivity contribution is 4.24. The Bertz CT molecular complexity index is 6.00. The molecule has 0 saturated carbocycles. The maximum absolute atomic E-state index is 7.75. The fourth-order valence-electron chi connectivity index (χ4n) is 0. The van der Waals surface area contributed by atoms with Crippen LogP contribution in [-0.2, 0) is 0 Å². The molecule has 0 aromatic carbocycles. The van der Waals surface area contributed by atoms with E-state index in [1.54, 1.807) is 0 Å². The summed E-state index contributed by atoms with van der Waals surface area (Å²) in [5, 5.41) is 0.